The summed E-state index contributed by atoms with van der Waals surface area (Å²) >= 11 is 0. The molecular weight excluding hydrogens is 214 g/mol. The lowest BCUT2D eigenvalue weighted by molar-refractivity contribution is -0.119. The fraction of sp³-hybridized carbons (Fsp3) is 0.308. The van der Waals surface area contributed by atoms with Crippen LogP contribution < -0.4 is 5.32 Å². The lowest BCUT2D eigenvalue weighted by Gasteiger charge is -2.12. The van der Waals surface area contributed by atoms with E-state index in [4.69, 9.17) is 10.5 Å². The first-order valence-electron chi connectivity index (χ1n) is 5.29. The molecule has 0 spiro atoms. The molecule has 4 nitrogen and oxygen atoms in total. The Morgan fingerprint density at radius 2 is 1.82 bits per heavy atom. The number of carbonyl (C=O) groups excluding carboxylic acids is 1. The lowest BCUT2D eigenvalue weighted by Crippen LogP contribution is -2.25. The van der Waals surface area contributed by atoms with Crippen LogP contribution >= 0.6 is 0 Å². The summed E-state index contributed by atoms with van der Waals surface area (Å²) in [4.78, 5) is 11.7. The highest BCUT2D eigenvalue weighted by atomic mass is 16.1. The van der Waals surface area contributed by atoms with Crippen LogP contribution in [-0.2, 0) is 4.79 Å². The number of amides is 1. The SMILES string of the molecule is CC(C)C(C#N)C(=O)Nc1ccc(C#N)cc1. The largest absolute Gasteiger partial charge is 0.325 e. The van der Waals surface area contributed by atoms with E-state index >= 15 is 0 Å². The van der Waals surface area contributed by atoms with Gasteiger partial charge in [0, 0.05) is 5.69 Å². The minimum absolute atomic E-state index is 0.0293. The third-order valence-electron chi connectivity index (χ3n) is 2.37. The van der Waals surface area contributed by atoms with E-state index in [0.29, 0.717) is 11.3 Å². The van der Waals surface area contributed by atoms with Crippen LogP contribution in [0, 0.1) is 34.5 Å². The fourth-order valence-corrected chi connectivity index (χ4v) is 1.36. The van der Waals surface area contributed by atoms with Gasteiger partial charge in [-0.3, -0.25) is 4.79 Å². The molecule has 0 aliphatic heterocycles. The third kappa shape index (κ3) is 3.32. The van der Waals surface area contributed by atoms with Gasteiger partial charge in [0.05, 0.1) is 17.7 Å². The molecule has 0 radical (unpaired) electrons. The van der Waals surface area contributed by atoms with Crippen LogP contribution in [0.3, 0.4) is 0 Å². The average molecular weight is 227 g/mol. The zero-order valence-corrected chi connectivity index (χ0v) is 9.77. The second-order valence-electron chi connectivity index (χ2n) is 4.03. The quantitative estimate of drug-likeness (QED) is 0.860. The molecule has 1 aromatic rings. The molecule has 1 rings (SSSR count). The van der Waals surface area contributed by atoms with Gasteiger partial charge in [-0.05, 0) is 30.2 Å². The minimum Gasteiger partial charge on any atom is -0.325 e. The molecule has 86 valence electrons. The molecule has 4 heteroatoms. The van der Waals surface area contributed by atoms with E-state index in [2.05, 4.69) is 5.32 Å². The summed E-state index contributed by atoms with van der Waals surface area (Å²) in [5.41, 5.74) is 1.12. The Morgan fingerprint density at radius 1 is 1.24 bits per heavy atom. The summed E-state index contributed by atoms with van der Waals surface area (Å²) < 4.78 is 0. The first-order chi connectivity index (χ1) is 8.08. The van der Waals surface area contributed by atoms with Crippen molar-refractivity contribution < 1.29 is 4.79 Å². The molecule has 0 fully saturated rings. The molecule has 0 heterocycles. The summed E-state index contributed by atoms with van der Waals surface area (Å²) in [7, 11) is 0. The number of carbonyl (C=O) groups is 1. The van der Waals surface area contributed by atoms with Crippen LogP contribution in [0.1, 0.15) is 19.4 Å². The molecule has 1 atom stereocenters. The Labute approximate surface area is 100 Å². The van der Waals surface area contributed by atoms with Gasteiger partial charge in [0.15, 0.2) is 0 Å². The highest BCUT2D eigenvalue weighted by molar-refractivity contribution is 5.94. The maximum Gasteiger partial charge on any atom is 0.241 e. The van der Waals surface area contributed by atoms with Crippen LogP contribution in [0.4, 0.5) is 5.69 Å². The molecule has 0 aliphatic rings. The fourth-order valence-electron chi connectivity index (χ4n) is 1.36. The van der Waals surface area contributed by atoms with Gasteiger partial charge in [-0.1, -0.05) is 13.8 Å². The highest BCUT2D eigenvalue weighted by Crippen LogP contribution is 2.14. The van der Waals surface area contributed by atoms with Crippen LogP contribution in [0.2, 0.25) is 0 Å². The zero-order chi connectivity index (χ0) is 12.8. The van der Waals surface area contributed by atoms with Crippen molar-refractivity contribution in [1.29, 1.82) is 10.5 Å². The monoisotopic (exact) mass is 227 g/mol. The van der Waals surface area contributed by atoms with Gasteiger partial charge in [-0.2, -0.15) is 10.5 Å². The number of benzene rings is 1. The first-order valence-corrected chi connectivity index (χ1v) is 5.29. The van der Waals surface area contributed by atoms with E-state index in [-0.39, 0.29) is 11.8 Å². The predicted octanol–water partition coefficient (Wildman–Crippen LogP) is 2.29. The molecule has 0 aliphatic carbocycles. The maximum atomic E-state index is 11.7. The van der Waals surface area contributed by atoms with Crippen LogP contribution in [0.15, 0.2) is 24.3 Å². The molecule has 0 saturated carbocycles. The number of rotatable bonds is 3. The van der Waals surface area contributed by atoms with Crippen molar-refractivity contribution in [3.8, 4) is 12.1 Å². The third-order valence-corrected chi connectivity index (χ3v) is 2.37. The standard InChI is InChI=1S/C13H13N3O/c1-9(2)12(8-15)13(17)16-11-5-3-10(7-14)4-6-11/h3-6,9,12H,1-2H3,(H,16,17). The number of nitriles is 2. The zero-order valence-electron chi connectivity index (χ0n) is 9.77. The highest BCUT2D eigenvalue weighted by Gasteiger charge is 2.21. The van der Waals surface area contributed by atoms with Crippen molar-refractivity contribution in [2.24, 2.45) is 11.8 Å². The maximum absolute atomic E-state index is 11.7. The minimum atomic E-state index is -0.661. The lowest BCUT2D eigenvalue weighted by atomic mass is 9.96. The van der Waals surface area contributed by atoms with Gasteiger partial charge in [0.25, 0.3) is 0 Å². The summed E-state index contributed by atoms with van der Waals surface area (Å²) in [6.45, 7) is 3.65. The van der Waals surface area contributed by atoms with Crippen LogP contribution in [-0.4, -0.2) is 5.91 Å². The van der Waals surface area contributed by atoms with Crippen LogP contribution in [0.5, 0.6) is 0 Å². The van der Waals surface area contributed by atoms with Crippen molar-refractivity contribution in [3.63, 3.8) is 0 Å². The number of hydrogen-bond acceptors (Lipinski definition) is 3. The molecule has 1 N–H and O–H groups in total. The number of nitrogens with one attached hydrogen (secondary N) is 1. The smallest absolute Gasteiger partial charge is 0.241 e. The van der Waals surface area contributed by atoms with Crippen molar-refractivity contribution in [1.82, 2.24) is 0 Å². The molecule has 1 amide bonds. The van der Waals surface area contributed by atoms with E-state index in [1.807, 2.05) is 26.0 Å². The van der Waals surface area contributed by atoms with Gasteiger partial charge in [0.2, 0.25) is 5.91 Å². The summed E-state index contributed by atoms with van der Waals surface area (Å²) in [6.07, 6.45) is 0. The number of nitrogens with zero attached hydrogens (tertiary/aromatic N) is 2. The molecule has 0 aromatic heterocycles. The van der Waals surface area contributed by atoms with Crippen molar-refractivity contribution >= 4 is 11.6 Å². The average Bonchev–Trinajstić information content (AvgIpc) is 2.30. The second-order valence-corrected chi connectivity index (χ2v) is 4.03. The Hall–Kier alpha value is -2.33. The summed E-state index contributed by atoms with van der Waals surface area (Å²) in [5, 5.41) is 20.2. The predicted molar refractivity (Wildman–Crippen MR) is 63.7 cm³/mol. The van der Waals surface area contributed by atoms with Gasteiger partial charge < -0.3 is 5.32 Å². The van der Waals surface area contributed by atoms with Gasteiger partial charge in [-0.15, -0.1) is 0 Å². The van der Waals surface area contributed by atoms with Gasteiger partial charge in [0.1, 0.15) is 5.92 Å². The van der Waals surface area contributed by atoms with E-state index in [0.717, 1.165) is 0 Å². The topological polar surface area (TPSA) is 76.7 Å². The number of anilines is 1. The van der Waals surface area contributed by atoms with Gasteiger partial charge in [-0.25, -0.2) is 0 Å². The molecular formula is C13H13N3O. The van der Waals surface area contributed by atoms with Crippen molar-refractivity contribution in [2.45, 2.75) is 13.8 Å². The summed E-state index contributed by atoms with van der Waals surface area (Å²) in [6, 6.07) is 10.5. The Morgan fingerprint density at radius 3 is 2.24 bits per heavy atom. The molecule has 1 unspecified atom stereocenters. The second kappa shape index (κ2) is 5.67. The van der Waals surface area contributed by atoms with Crippen molar-refractivity contribution in [3.05, 3.63) is 29.8 Å². The molecule has 0 bridgehead atoms. The van der Waals surface area contributed by atoms with E-state index in [1.165, 1.54) is 0 Å². The molecule has 17 heavy (non-hydrogen) atoms. The Balaban J connectivity index is 2.75. The number of hydrogen-bond donors (Lipinski definition) is 1. The van der Waals surface area contributed by atoms with E-state index in [1.54, 1.807) is 24.3 Å². The molecule has 1 aromatic carbocycles. The van der Waals surface area contributed by atoms with E-state index in [9.17, 15) is 4.79 Å². The normalized spacial score (nSPS) is 11.4. The Bertz CT molecular complexity index is 477. The van der Waals surface area contributed by atoms with Gasteiger partial charge >= 0.3 is 0 Å². The van der Waals surface area contributed by atoms with Crippen LogP contribution in [0.25, 0.3) is 0 Å². The van der Waals surface area contributed by atoms with E-state index < -0.39 is 5.92 Å². The summed E-state index contributed by atoms with van der Waals surface area (Å²) in [5.74, 6) is -1.00. The molecule has 0 saturated heterocycles. The van der Waals surface area contributed by atoms with Crippen molar-refractivity contribution in [2.75, 3.05) is 5.32 Å². The first kappa shape index (κ1) is 12.7. The Kier molecular flexibility index (Phi) is 4.25.